The van der Waals surface area contributed by atoms with Gasteiger partial charge in [-0.15, -0.1) is 0 Å². The number of halogens is 1. The number of rotatable bonds is 6. The first-order valence-electron chi connectivity index (χ1n) is 10.7. The van der Waals surface area contributed by atoms with Crippen molar-refractivity contribution in [1.29, 1.82) is 0 Å². The second-order valence-electron chi connectivity index (χ2n) is 8.08. The summed E-state index contributed by atoms with van der Waals surface area (Å²) in [6.45, 7) is 6.77. The first kappa shape index (κ1) is 21.1. The molecule has 0 aromatic heterocycles. The lowest BCUT2D eigenvalue weighted by Gasteiger charge is -2.36. The lowest BCUT2D eigenvalue weighted by Crippen LogP contribution is -2.46. The lowest BCUT2D eigenvalue weighted by atomic mass is 10.1. The number of aryl methyl sites for hydroxylation is 1. The second kappa shape index (κ2) is 9.75. The molecule has 3 aromatic rings. The highest BCUT2D eigenvalue weighted by atomic mass is 19.1. The molecule has 0 atom stereocenters. The molecular formula is C26H28FN3O. The summed E-state index contributed by atoms with van der Waals surface area (Å²) >= 11 is 0. The third-order valence-corrected chi connectivity index (χ3v) is 5.72. The quantitative estimate of drug-likeness (QED) is 0.646. The van der Waals surface area contributed by atoms with Crippen molar-refractivity contribution in [1.82, 2.24) is 10.2 Å². The smallest absolute Gasteiger partial charge is 0.251 e. The van der Waals surface area contributed by atoms with E-state index in [0.717, 1.165) is 38.3 Å². The molecule has 1 saturated heterocycles. The van der Waals surface area contributed by atoms with Gasteiger partial charge in [0.15, 0.2) is 0 Å². The van der Waals surface area contributed by atoms with Gasteiger partial charge >= 0.3 is 0 Å². The van der Waals surface area contributed by atoms with Crippen LogP contribution in [-0.4, -0.2) is 37.0 Å². The molecule has 1 aliphatic heterocycles. The fourth-order valence-corrected chi connectivity index (χ4v) is 3.98. The summed E-state index contributed by atoms with van der Waals surface area (Å²) in [5.41, 5.74) is 4.81. The summed E-state index contributed by atoms with van der Waals surface area (Å²) in [7, 11) is 0. The summed E-state index contributed by atoms with van der Waals surface area (Å²) < 4.78 is 14.0. The number of amides is 1. The van der Waals surface area contributed by atoms with Crippen LogP contribution in [-0.2, 0) is 13.1 Å². The maximum absolute atomic E-state index is 14.0. The van der Waals surface area contributed by atoms with E-state index >= 15 is 0 Å². The highest BCUT2D eigenvalue weighted by Crippen LogP contribution is 2.21. The molecule has 4 rings (SSSR count). The number of hydrogen-bond donors (Lipinski definition) is 1. The minimum absolute atomic E-state index is 0.0634. The molecule has 1 amide bonds. The number of hydrogen-bond acceptors (Lipinski definition) is 3. The average molecular weight is 418 g/mol. The van der Waals surface area contributed by atoms with Crippen molar-refractivity contribution in [2.45, 2.75) is 20.0 Å². The molecule has 0 aliphatic carbocycles. The van der Waals surface area contributed by atoms with E-state index in [4.69, 9.17) is 0 Å². The molecular weight excluding hydrogens is 389 g/mol. The van der Waals surface area contributed by atoms with Gasteiger partial charge in [-0.25, -0.2) is 4.39 Å². The van der Waals surface area contributed by atoms with E-state index in [0.29, 0.717) is 17.8 Å². The van der Waals surface area contributed by atoms with Gasteiger partial charge in [0.05, 0.1) is 5.69 Å². The van der Waals surface area contributed by atoms with Crippen LogP contribution in [0.15, 0.2) is 72.8 Å². The summed E-state index contributed by atoms with van der Waals surface area (Å²) in [6.07, 6.45) is 0. The third kappa shape index (κ3) is 5.50. The Morgan fingerprint density at radius 1 is 0.903 bits per heavy atom. The van der Waals surface area contributed by atoms with Crippen molar-refractivity contribution in [3.05, 3.63) is 101 Å². The molecule has 1 aliphatic rings. The Hall–Kier alpha value is -3.18. The highest BCUT2D eigenvalue weighted by Gasteiger charge is 2.19. The Morgan fingerprint density at radius 3 is 2.35 bits per heavy atom. The van der Waals surface area contributed by atoms with Crippen molar-refractivity contribution in [2.24, 2.45) is 0 Å². The molecule has 1 heterocycles. The average Bonchev–Trinajstić information content (AvgIpc) is 2.79. The monoisotopic (exact) mass is 417 g/mol. The molecule has 5 heteroatoms. The van der Waals surface area contributed by atoms with Gasteiger partial charge in [0.1, 0.15) is 5.82 Å². The fourth-order valence-electron chi connectivity index (χ4n) is 3.98. The molecule has 4 nitrogen and oxygen atoms in total. The van der Waals surface area contributed by atoms with Gasteiger partial charge in [-0.3, -0.25) is 9.69 Å². The van der Waals surface area contributed by atoms with Gasteiger partial charge < -0.3 is 10.2 Å². The van der Waals surface area contributed by atoms with Crippen LogP contribution >= 0.6 is 0 Å². The van der Waals surface area contributed by atoms with E-state index in [1.54, 1.807) is 6.07 Å². The van der Waals surface area contributed by atoms with Crippen LogP contribution in [0.2, 0.25) is 0 Å². The first-order chi connectivity index (χ1) is 15.1. The van der Waals surface area contributed by atoms with Gasteiger partial charge in [-0.2, -0.15) is 0 Å². The van der Waals surface area contributed by atoms with E-state index in [-0.39, 0.29) is 11.7 Å². The lowest BCUT2D eigenvalue weighted by molar-refractivity contribution is 0.0951. The summed E-state index contributed by atoms with van der Waals surface area (Å²) in [6, 6.07) is 22.9. The summed E-state index contributed by atoms with van der Waals surface area (Å²) in [5, 5.41) is 2.98. The molecule has 0 unspecified atom stereocenters. The molecule has 0 radical (unpaired) electrons. The van der Waals surface area contributed by atoms with Crippen LogP contribution in [0.5, 0.6) is 0 Å². The Balaban J connectivity index is 1.27. The van der Waals surface area contributed by atoms with Crippen molar-refractivity contribution in [3.63, 3.8) is 0 Å². The van der Waals surface area contributed by atoms with Crippen LogP contribution in [0.4, 0.5) is 10.1 Å². The van der Waals surface area contributed by atoms with E-state index in [1.807, 2.05) is 61.5 Å². The first-order valence-corrected chi connectivity index (χ1v) is 10.7. The Kier molecular flexibility index (Phi) is 6.63. The number of nitrogens with zero attached hydrogens (tertiary/aromatic N) is 2. The number of piperazine rings is 1. The Bertz CT molecular complexity index is 1030. The number of para-hydroxylation sites is 1. The SMILES string of the molecule is Cc1cccc(CNC(=O)c2ccc(CN3CCN(c4ccccc4F)CC3)cc2)c1. The zero-order valence-corrected chi connectivity index (χ0v) is 17.9. The van der Waals surface area contributed by atoms with E-state index in [9.17, 15) is 9.18 Å². The highest BCUT2D eigenvalue weighted by molar-refractivity contribution is 5.94. The zero-order valence-electron chi connectivity index (χ0n) is 17.9. The van der Waals surface area contributed by atoms with Gasteiger partial charge in [0.25, 0.3) is 5.91 Å². The Labute approximate surface area is 183 Å². The largest absolute Gasteiger partial charge is 0.367 e. The molecule has 31 heavy (non-hydrogen) atoms. The minimum Gasteiger partial charge on any atom is -0.367 e. The van der Waals surface area contributed by atoms with Crippen LogP contribution in [0.1, 0.15) is 27.0 Å². The van der Waals surface area contributed by atoms with Crippen molar-refractivity contribution < 1.29 is 9.18 Å². The zero-order chi connectivity index (χ0) is 21.6. The van der Waals surface area contributed by atoms with Crippen molar-refractivity contribution in [3.8, 4) is 0 Å². The number of carbonyl (C=O) groups is 1. The maximum Gasteiger partial charge on any atom is 0.251 e. The maximum atomic E-state index is 14.0. The van der Waals surface area contributed by atoms with Gasteiger partial charge in [0, 0.05) is 44.8 Å². The van der Waals surface area contributed by atoms with E-state index in [1.165, 1.54) is 17.2 Å². The number of nitrogens with one attached hydrogen (secondary N) is 1. The Morgan fingerprint density at radius 2 is 1.65 bits per heavy atom. The summed E-state index contributed by atoms with van der Waals surface area (Å²) in [5.74, 6) is -0.223. The standard InChI is InChI=1S/C26H28FN3O/c1-20-5-4-6-22(17-20)18-28-26(31)23-11-9-21(10-12-23)19-29-13-15-30(16-14-29)25-8-3-2-7-24(25)27/h2-12,17H,13-16,18-19H2,1H3,(H,28,31). The van der Waals surface area contributed by atoms with Gasteiger partial charge in [-0.1, -0.05) is 54.1 Å². The van der Waals surface area contributed by atoms with Crippen LogP contribution in [0, 0.1) is 12.7 Å². The third-order valence-electron chi connectivity index (χ3n) is 5.72. The predicted molar refractivity (Wildman–Crippen MR) is 123 cm³/mol. The molecule has 1 N–H and O–H groups in total. The topological polar surface area (TPSA) is 35.6 Å². The summed E-state index contributed by atoms with van der Waals surface area (Å²) in [4.78, 5) is 16.9. The van der Waals surface area contributed by atoms with Crippen molar-refractivity contribution in [2.75, 3.05) is 31.1 Å². The van der Waals surface area contributed by atoms with E-state index in [2.05, 4.69) is 21.2 Å². The number of carbonyl (C=O) groups excluding carboxylic acids is 1. The molecule has 3 aromatic carbocycles. The van der Waals surface area contributed by atoms with Crippen LogP contribution < -0.4 is 10.2 Å². The van der Waals surface area contributed by atoms with Crippen LogP contribution in [0.3, 0.4) is 0 Å². The van der Waals surface area contributed by atoms with Gasteiger partial charge in [0.2, 0.25) is 0 Å². The molecule has 160 valence electrons. The normalized spacial score (nSPS) is 14.5. The number of benzene rings is 3. The van der Waals surface area contributed by atoms with Crippen molar-refractivity contribution >= 4 is 11.6 Å². The van der Waals surface area contributed by atoms with Crippen LogP contribution in [0.25, 0.3) is 0 Å². The molecule has 0 bridgehead atoms. The van der Waals surface area contributed by atoms with Gasteiger partial charge in [-0.05, 0) is 42.3 Å². The molecule has 1 fully saturated rings. The second-order valence-corrected chi connectivity index (χ2v) is 8.08. The fraction of sp³-hybridized carbons (Fsp3) is 0.269. The minimum atomic E-state index is -0.160. The number of anilines is 1. The predicted octanol–water partition coefficient (Wildman–Crippen LogP) is 4.39. The molecule has 0 saturated carbocycles. The molecule has 0 spiro atoms. The van der Waals surface area contributed by atoms with E-state index < -0.39 is 0 Å².